The minimum atomic E-state index is -3.40. The third-order valence-corrected chi connectivity index (χ3v) is 5.88. The molecule has 0 atom stereocenters. The van der Waals surface area contributed by atoms with Crippen molar-refractivity contribution in [3.05, 3.63) is 64.7 Å². The molecule has 2 aromatic rings. The highest BCUT2D eigenvalue weighted by Gasteiger charge is 2.18. The molecule has 27 heavy (non-hydrogen) atoms. The quantitative estimate of drug-likeness (QED) is 0.753. The van der Waals surface area contributed by atoms with Crippen LogP contribution < -0.4 is 9.62 Å². The molecule has 0 fully saturated rings. The van der Waals surface area contributed by atoms with Crippen LogP contribution in [-0.4, -0.2) is 27.1 Å². The summed E-state index contributed by atoms with van der Waals surface area (Å²) in [7, 11) is -3.40. The molecule has 0 aliphatic heterocycles. The average Bonchev–Trinajstić information content (AvgIpc) is 2.59. The molecule has 146 valence electrons. The lowest BCUT2D eigenvalue weighted by Gasteiger charge is -2.23. The van der Waals surface area contributed by atoms with E-state index in [0.717, 1.165) is 22.3 Å². The van der Waals surface area contributed by atoms with Crippen LogP contribution in [-0.2, 0) is 21.4 Å². The third-order valence-electron chi connectivity index (χ3n) is 4.68. The number of carbonyl (C=O) groups is 1. The summed E-state index contributed by atoms with van der Waals surface area (Å²) in [5, 5.41) is 2.90. The number of benzene rings is 2. The molecule has 0 radical (unpaired) electrons. The Bertz CT molecular complexity index is 907. The zero-order valence-corrected chi connectivity index (χ0v) is 17.3. The van der Waals surface area contributed by atoms with Crippen molar-refractivity contribution in [3.63, 3.8) is 0 Å². The fourth-order valence-electron chi connectivity index (χ4n) is 2.84. The van der Waals surface area contributed by atoms with E-state index >= 15 is 0 Å². The molecule has 6 heteroatoms. The number of sulfonamides is 1. The molecule has 0 saturated heterocycles. The minimum Gasteiger partial charge on any atom is -0.352 e. The molecule has 0 bridgehead atoms. The van der Waals surface area contributed by atoms with Crippen LogP contribution in [0.25, 0.3) is 0 Å². The summed E-state index contributed by atoms with van der Waals surface area (Å²) in [5.74, 6) is -0.0770. The van der Waals surface area contributed by atoms with Crippen molar-refractivity contribution in [2.75, 3.05) is 17.1 Å². The Labute approximate surface area is 162 Å². The van der Waals surface area contributed by atoms with E-state index in [1.807, 2.05) is 63.2 Å². The van der Waals surface area contributed by atoms with Crippen LogP contribution in [0.1, 0.15) is 35.1 Å². The second-order valence-corrected chi connectivity index (χ2v) is 8.82. The first-order valence-electron chi connectivity index (χ1n) is 9.04. The molecule has 0 aliphatic carbocycles. The first kappa shape index (κ1) is 21.0. The molecular weight excluding hydrogens is 360 g/mol. The van der Waals surface area contributed by atoms with Gasteiger partial charge < -0.3 is 5.32 Å². The van der Waals surface area contributed by atoms with Gasteiger partial charge in [0.1, 0.15) is 0 Å². The number of nitrogens with zero attached hydrogens (tertiary/aromatic N) is 1. The highest BCUT2D eigenvalue weighted by Crippen LogP contribution is 2.21. The molecule has 1 N–H and O–H groups in total. The lowest BCUT2D eigenvalue weighted by atomic mass is 10.1. The van der Waals surface area contributed by atoms with Gasteiger partial charge in [0.05, 0.1) is 11.9 Å². The van der Waals surface area contributed by atoms with Crippen LogP contribution in [0, 0.1) is 20.8 Å². The normalized spacial score (nSPS) is 11.3. The number of aryl methyl sites for hydroxylation is 3. The summed E-state index contributed by atoms with van der Waals surface area (Å²) in [6.45, 7) is 6.72. The number of rotatable bonds is 8. The van der Waals surface area contributed by atoms with E-state index < -0.39 is 10.0 Å². The van der Waals surface area contributed by atoms with Gasteiger partial charge in [0.25, 0.3) is 0 Å². The largest absolute Gasteiger partial charge is 0.352 e. The second kappa shape index (κ2) is 9.04. The maximum absolute atomic E-state index is 12.2. The van der Waals surface area contributed by atoms with Gasteiger partial charge in [-0.1, -0.05) is 30.3 Å². The zero-order valence-electron chi connectivity index (χ0n) is 16.5. The molecule has 0 heterocycles. The molecular formula is C21H28N2O3S. The van der Waals surface area contributed by atoms with Crippen molar-refractivity contribution in [1.82, 2.24) is 5.32 Å². The first-order chi connectivity index (χ1) is 12.7. The number of nitrogens with one attached hydrogen (secondary N) is 1. The molecule has 0 aliphatic rings. The number of anilines is 1. The van der Waals surface area contributed by atoms with Gasteiger partial charge in [-0.2, -0.15) is 0 Å². The number of amides is 1. The van der Waals surface area contributed by atoms with Gasteiger partial charge in [0.15, 0.2) is 0 Å². The first-order valence-corrected chi connectivity index (χ1v) is 10.9. The Morgan fingerprint density at radius 3 is 2.33 bits per heavy atom. The van der Waals surface area contributed by atoms with Crippen molar-refractivity contribution in [2.24, 2.45) is 0 Å². The summed E-state index contributed by atoms with van der Waals surface area (Å²) in [6.07, 6.45) is 1.93. The fraction of sp³-hybridized carbons (Fsp3) is 0.381. The number of hydrogen-bond acceptors (Lipinski definition) is 3. The van der Waals surface area contributed by atoms with Crippen molar-refractivity contribution in [2.45, 2.75) is 40.2 Å². The predicted octanol–water partition coefficient (Wildman–Crippen LogP) is 3.47. The van der Waals surface area contributed by atoms with E-state index in [4.69, 9.17) is 0 Å². The van der Waals surface area contributed by atoms with E-state index in [1.54, 1.807) is 0 Å². The predicted molar refractivity (Wildman–Crippen MR) is 110 cm³/mol. The van der Waals surface area contributed by atoms with E-state index in [9.17, 15) is 13.2 Å². The molecule has 2 aromatic carbocycles. The van der Waals surface area contributed by atoms with Crippen LogP contribution in [0.15, 0.2) is 42.5 Å². The van der Waals surface area contributed by atoms with E-state index in [2.05, 4.69) is 5.32 Å². The van der Waals surface area contributed by atoms with Gasteiger partial charge in [-0.15, -0.1) is 0 Å². The van der Waals surface area contributed by atoms with Gasteiger partial charge in [0.2, 0.25) is 15.9 Å². The minimum absolute atomic E-state index is 0.0770. The van der Waals surface area contributed by atoms with Gasteiger partial charge in [-0.05, 0) is 61.6 Å². The highest BCUT2D eigenvalue weighted by molar-refractivity contribution is 7.92. The Kier molecular flexibility index (Phi) is 7.02. The lowest BCUT2D eigenvalue weighted by Crippen LogP contribution is -2.32. The van der Waals surface area contributed by atoms with Gasteiger partial charge in [-0.25, -0.2) is 8.42 Å². The SMILES string of the molecule is Cc1ccc(N(CCCC(=O)NCc2ccccc2C)S(C)(=O)=O)cc1C. The van der Waals surface area contributed by atoms with E-state index in [-0.39, 0.29) is 18.9 Å². The summed E-state index contributed by atoms with van der Waals surface area (Å²) in [5.41, 5.74) is 5.01. The lowest BCUT2D eigenvalue weighted by molar-refractivity contribution is -0.121. The van der Waals surface area contributed by atoms with Crippen molar-refractivity contribution < 1.29 is 13.2 Å². The summed E-state index contributed by atoms with van der Waals surface area (Å²) >= 11 is 0. The molecule has 1 amide bonds. The zero-order chi connectivity index (χ0) is 20.0. The smallest absolute Gasteiger partial charge is 0.232 e. The maximum Gasteiger partial charge on any atom is 0.232 e. The van der Waals surface area contributed by atoms with Crippen molar-refractivity contribution in [1.29, 1.82) is 0 Å². The molecule has 0 unspecified atom stereocenters. The highest BCUT2D eigenvalue weighted by atomic mass is 32.2. The maximum atomic E-state index is 12.2. The van der Waals surface area contributed by atoms with E-state index in [1.165, 1.54) is 10.6 Å². The van der Waals surface area contributed by atoms with Gasteiger partial charge in [-0.3, -0.25) is 9.10 Å². The van der Waals surface area contributed by atoms with Crippen molar-refractivity contribution in [3.8, 4) is 0 Å². The summed E-state index contributed by atoms with van der Waals surface area (Å²) in [4.78, 5) is 12.1. The molecule has 0 spiro atoms. The summed E-state index contributed by atoms with van der Waals surface area (Å²) in [6, 6.07) is 13.5. The number of hydrogen-bond donors (Lipinski definition) is 1. The van der Waals surface area contributed by atoms with Gasteiger partial charge >= 0.3 is 0 Å². The van der Waals surface area contributed by atoms with Crippen LogP contribution >= 0.6 is 0 Å². The van der Waals surface area contributed by atoms with Crippen LogP contribution in [0.3, 0.4) is 0 Å². The van der Waals surface area contributed by atoms with Crippen LogP contribution in [0.4, 0.5) is 5.69 Å². The topological polar surface area (TPSA) is 66.5 Å². The Balaban J connectivity index is 1.92. The van der Waals surface area contributed by atoms with Crippen molar-refractivity contribution >= 4 is 21.6 Å². The third kappa shape index (κ3) is 6.10. The Morgan fingerprint density at radius 1 is 1.00 bits per heavy atom. The standard InChI is InChI=1S/C21H28N2O3S/c1-16-11-12-20(14-18(16)3)23(27(4,25)26)13-7-10-21(24)22-15-19-9-6-5-8-17(19)2/h5-6,8-9,11-12,14H,7,10,13,15H2,1-4H3,(H,22,24). The number of carbonyl (C=O) groups excluding carboxylic acids is 1. The Morgan fingerprint density at radius 2 is 1.70 bits per heavy atom. The summed E-state index contributed by atoms with van der Waals surface area (Å²) < 4.78 is 25.7. The second-order valence-electron chi connectivity index (χ2n) is 6.91. The monoisotopic (exact) mass is 388 g/mol. The molecule has 2 rings (SSSR count). The van der Waals surface area contributed by atoms with E-state index in [0.29, 0.717) is 18.7 Å². The average molecular weight is 389 g/mol. The molecule has 5 nitrogen and oxygen atoms in total. The molecule has 0 saturated carbocycles. The van der Waals surface area contributed by atoms with Crippen LogP contribution in [0.2, 0.25) is 0 Å². The fourth-order valence-corrected chi connectivity index (χ4v) is 3.80. The van der Waals surface area contributed by atoms with Gasteiger partial charge in [0, 0.05) is 19.5 Å². The van der Waals surface area contributed by atoms with Crippen LogP contribution in [0.5, 0.6) is 0 Å². The Hall–Kier alpha value is -2.34. The molecule has 0 aromatic heterocycles.